The molecule has 2 amide bonds. The molecule has 5 rings (SSSR count). The lowest BCUT2D eigenvalue weighted by molar-refractivity contribution is -0.127. The predicted octanol–water partition coefficient (Wildman–Crippen LogP) is 4.37. The van der Waals surface area contributed by atoms with E-state index in [9.17, 15) is 9.59 Å². The maximum atomic E-state index is 11.9. The molecular formula is C27H35N3O2. The van der Waals surface area contributed by atoms with Gasteiger partial charge in [0, 0.05) is 24.7 Å². The van der Waals surface area contributed by atoms with Gasteiger partial charge in [0.05, 0.1) is 5.41 Å². The molecule has 5 heteroatoms. The fraction of sp³-hybridized carbons (Fsp3) is 0.481. The highest BCUT2D eigenvalue weighted by molar-refractivity contribution is 6.08. The zero-order valence-corrected chi connectivity index (χ0v) is 19.5. The second-order valence-electron chi connectivity index (χ2n) is 9.66. The van der Waals surface area contributed by atoms with Crippen molar-refractivity contribution in [2.75, 3.05) is 25.5 Å². The lowest BCUT2D eigenvalue weighted by Crippen LogP contribution is -2.45. The Morgan fingerprint density at radius 3 is 2.38 bits per heavy atom. The number of nitrogens with zero attached hydrogens (tertiary/aromatic N) is 1. The Labute approximate surface area is 191 Å². The number of fused-ring (bicyclic) bond motifs is 2. The van der Waals surface area contributed by atoms with Crippen molar-refractivity contribution in [1.82, 2.24) is 10.2 Å². The Morgan fingerprint density at radius 1 is 1.00 bits per heavy atom. The second kappa shape index (κ2) is 9.07. The highest BCUT2D eigenvalue weighted by Gasteiger charge is 2.43. The van der Waals surface area contributed by atoms with Crippen molar-refractivity contribution in [2.45, 2.75) is 63.3 Å². The summed E-state index contributed by atoms with van der Waals surface area (Å²) in [5.41, 5.74) is 4.45. The maximum absolute atomic E-state index is 11.9. The van der Waals surface area contributed by atoms with Crippen LogP contribution in [0, 0.1) is 0 Å². The minimum absolute atomic E-state index is 0.114. The SMILES string of the molecule is CC1(N2CCCCC2)CCc2ccccc21.CNC(=O)CC1(C)C(=O)Nc2ccccc21. The van der Waals surface area contributed by atoms with Crippen LogP contribution in [0.3, 0.4) is 0 Å². The van der Waals surface area contributed by atoms with E-state index in [1.165, 1.54) is 45.2 Å². The number of carbonyl (C=O) groups excluding carboxylic acids is 2. The van der Waals surface area contributed by atoms with Gasteiger partial charge in [0.15, 0.2) is 0 Å². The van der Waals surface area contributed by atoms with E-state index >= 15 is 0 Å². The molecule has 0 spiro atoms. The van der Waals surface area contributed by atoms with Crippen molar-refractivity contribution in [3.63, 3.8) is 0 Å². The standard InChI is InChI=1S/C15H21N.C12H14N2O2/c1-15(16-11-5-2-6-12-16)10-9-13-7-3-4-8-14(13)15;1-12(7-10(15)13-2)8-5-3-4-6-9(8)14-11(12)16/h3-4,7-8H,2,5-6,9-12H2,1H3;3-6H,7H2,1-2H3,(H,13,15)(H,14,16). The van der Waals surface area contributed by atoms with Crippen LogP contribution in [0.25, 0.3) is 0 Å². The van der Waals surface area contributed by atoms with Gasteiger partial charge in [-0.2, -0.15) is 0 Å². The first kappa shape index (κ1) is 22.5. The first-order chi connectivity index (χ1) is 15.4. The molecule has 1 saturated heterocycles. The van der Waals surface area contributed by atoms with Crippen molar-refractivity contribution in [3.05, 3.63) is 65.2 Å². The highest BCUT2D eigenvalue weighted by Crippen LogP contribution is 2.42. The fourth-order valence-corrected chi connectivity index (χ4v) is 5.53. The van der Waals surface area contributed by atoms with E-state index in [-0.39, 0.29) is 18.2 Å². The quantitative estimate of drug-likeness (QED) is 0.756. The molecule has 0 radical (unpaired) electrons. The number of nitrogens with one attached hydrogen (secondary N) is 2. The van der Waals surface area contributed by atoms with Gasteiger partial charge in [-0.1, -0.05) is 48.9 Å². The number of hydrogen-bond acceptors (Lipinski definition) is 3. The molecule has 2 aliphatic heterocycles. The predicted molar refractivity (Wildman–Crippen MR) is 129 cm³/mol. The van der Waals surface area contributed by atoms with Crippen molar-refractivity contribution in [2.24, 2.45) is 0 Å². The van der Waals surface area contributed by atoms with Gasteiger partial charge in [-0.05, 0) is 75.4 Å². The van der Waals surface area contributed by atoms with Gasteiger partial charge >= 0.3 is 0 Å². The number of piperidine rings is 1. The summed E-state index contributed by atoms with van der Waals surface area (Å²) in [4.78, 5) is 26.1. The average Bonchev–Trinajstić information content (AvgIpc) is 3.30. The molecule has 5 nitrogen and oxygen atoms in total. The minimum Gasteiger partial charge on any atom is -0.359 e. The zero-order valence-electron chi connectivity index (χ0n) is 19.5. The van der Waals surface area contributed by atoms with Crippen LogP contribution in [-0.4, -0.2) is 36.9 Å². The van der Waals surface area contributed by atoms with E-state index < -0.39 is 5.41 Å². The molecule has 0 aromatic heterocycles. The van der Waals surface area contributed by atoms with Gasteiger partial charge in [0.25, 0.3) is 0 Å². The van der Waals surface area contributed by atoms with Crippen molar-refractivity contribution < 1.29 is 9.59 Å². The van der Waals surface area contributed by atoms with Gasteiger partial charge in [0.1, 0.15) is 0 Å². The van der Waals surface area contributed by atoms with Gasteiger partial charge in [-0.15, -0.1) is 0 Å². The molecule has 2 heterocycles. The van der Waals surface area contributed by atoms with E-state index in [1.54, 1.807) is 25.1 Å². The summed E-state index contributed by atoms with van der Waals surface area (Å²) in [5.74, 6) is -0.244. The third kappa shape index (κ3) is 4.06. The van der Waals surface area contributed by atoms with Crippen molar-refractivity contribution in [3.8, 4) is 0 Å². The first-order valence-electron chi connectivity index (χ1n) is 11.8. The number of likely N-dealkylation sites (tertiary alicyclic amines) is 1. The molecule has 2 unspecified atom stereocenters. The van der Waals surface area contributed by atoms with Gasteiger partial charge in [0.2, 0.25) is 11.8 Å². The number of benzene rings is 2. The van der Waals surface area contributed by atoms with Crippen LogP contribution in [0.4, 0.5) is 5.69 Å². The van der Waals surface area contributed by atoms with Crippen LogP contribution in [0.1, 0.15) is 62.6 Å². The van der Waals surface area contributed by atoms with E-state index in [0.717, 1.165) is 11.3 Å². The fourth-order valence-electron chi connectivity index (χ4n) is 5.53. The number of aryl methyl sites for hydroxylation is 1. The molecule has 0 saturated carbocycles. The summed E-state index contributed by atoms with van der Waals surface area (Å²) in [5, 5.41) is 5.35. The number of hydrogen-bond donors (Lipinski definition) is 2. The van der Waals surface area contributed by atoms with E-state index in [0.29, 0.717) is 5.54 Å². The Morgan fingerprint density at radius 2 is 1.66 bits per heavy atom. The van der Waals surface area contributed by atoms with E-state index in [2.05, 4.69) is 46.7 Å². The Balaban J connectivity index is 0.000000153. The van der Waals surface area contributed by atoms with Gasteiger partial charge < -0.3 is 10.6 Å². The monoisotopic (exact) mass is 433 g/mol. The molecule has 1 fully saturated rings. The average molecular weight is 434 g/mol. The van der Waals surface area contributed by atoms with E-state index in [4.69, 9.17) is 0 Å². The smallest absolute Gasteiger partial charge is 0.235 e. The van der Waals surface area contributed by atoms with Gasteiger partial charge in [-0.3, -0.25) is 14.5 Å². The summed E-state index contributed by atoms with van der Waals surface area (Å²) >= 11 is 0. The zero-order chi connectivity index (χ0) is 22.8. The number of rotatable bonds is 3. The van der Waals surface area contributed by atoms with Gasteiger partial charge in [-0.25, -0.2) is 0 Å². The molecule has 170 valence electrons. The van der Waals surface area contributed by atoms with Crippen LogP contribution in [0.2, 0.25) is 0 Å². The van der Waals surface area contributed by atoms with Crippen molar-refractivity contribution >= 4 is 17.5 Å². The summed E-state index contributed by atoms with van der Waals surface area (Å²) < 4.78 is 0. The molecule has 2 aromatic carbocycles. The lowest BCUT2D eigenvalue weighted by Gasteiger charge is -2.41. The number of anilines is 1. The summed E-state index contributed by atoms with van der Waals surface area (Å²) in [6.45, 7) is 6.84. The summed E-state index contributed by atoms with van der Waals surface area (Å²) in [6.07, 6.45) is 6.95. The topological polar surface area (TPSA) is 61.4 Å². The Kier molecular flexibility index (Phi) is 6.38. The molecule has 0 bridgehead atoms. The molecule has 2 atom stereocenters. The molecule has 1 aliphatic carbocycles. The van der Waals surface area contributed by atoms with Crippen LogP contribution in [0.5, 0.6) is 0 Å². The largest absolute Gasteiger partial charge is 0.359 e. The van der Waals surface area contributed by atoms with Crippen LogP contribution in [-0.2, 0) is 27.0 Å². The minimum atomic E-state index is -0.753. The molecule has 2 N–H and O–H groups in total. The Bertz CT molecular complexity index is 998. The molecule has 3 aliphatic rings. The third-order valence-electron chi connectivity index (χ3n) is 7.60. The molecule has 32 heavy (non-hydrogen) atoms. The van der Waals surface area contributed by atoms with Crippen molar-refractivity contribution in [1.29, 1.82) is 0 Å². The number of amides is 2. The normalized spacial score (nSPS) is 26.4. The maximum Gasteiger partial charge on any atom is 0.235 e. The number of carbonyl (C=O) groups is 2. The summed E-state index contributed by atoms with van der Waals surface area (Å²) in [6, 6.07) is 16.5. The van der Waals surface area contributed by atoms with E-state index in [1.807, 2.05) is 24.3 Å². The molecular weight excluding hydrogens is 398 g/mol. The summed E-state index contributed by atoms with van der Waals surface area (Å²) in [7, 11) is 1.57. The number of para-hydroxylation sites is 1. The molecule has 2 aromatic rings. The van der Waals surface area contributed by atoms with Crippen LogP contribution < -0.4 is 10.6 Å². The first-order valence-corrected chi connectivity index (χ1v) is 11.8. The third-order valence-corrected chi connectivity index (χ3v) is 7.60. The lowest BCUT2D eigenvalue weighted by atomic mass is 9.80. The highest BCUT2D eigenvalue weighted by atomic mass is 16.2. The Hall–Kier alpha value is -2.66. The van der Waals surface area contributed by atoms with Crippen LogP contribution in [0.15, 0.2) is 48.5 Å². The van der Waals surface area contributed by atoms with Crippen LogP contribution >= 0.6 is 0 Å². The second-order valence-corrected chi connectivity index (χ2v) is 9.66.